The average Bonchev–Trinajstić information content (AvgIpc) is 3.08. The highest BCUT2D eigenvalue weighted by atomic mass is 32.2. The van der Waals surface area contributed by atoms with Gasteiger partial charge >= 0.3 is 0 Å². The first kappa shape index (κ1) is 18.3. The van der Waals surface area contributed by atoms with E-state index in [1.54, 1.807) is 0 Å². The molecule has 24 heavy (non-hydrogen) atoms. The van der Waals surface area contributed by atoms with E-state index in [4.69, 9.17) is 0 Å². The molecule has 0 spiro atoms. The summed E-state index contributed by atoms with van der Waals surface area (Å²) in [6.07, 6.45) is 3.33. The maximum absolute atomic E-state index is 12.5. The number of nitro benzene ring substituents is 1. The molecule has 0 atom stereocenters. The zero-order valence-corrected chi connectivity index (χ0v) is 14.7. The maximum Gasteiger partial charge on any atom is 0.295 e. The number of sulfonamides is 1. The number of hydrogen-bond donors (Lipinski definition) is 1. The summed E-state index contributed by atoms with van der Waals surface area (Å²) in [6, 6.07) is 3.87. The van der Waals surface area contributed by atoms with Gasteiger partial charge in [0.2, 0.25) is 10.0 Å². The molecule has 0 aromatic heterocycles. The molecule has 2 rings (SSSR count). The van der Waals surface area contributed by atoms with Gasteiger partial charge in [-0.05, 0) is 38.3 Å². The van der Waals surface area contributed by atoms with Crippen molar-refractivity contribution < 1.29 is 13.3 Å². The molecule has 0 radical (unpaired) electrons. The van der Waals surface area contributed by atoms with Gasteiger partial charge in [0.1, 0.15) is 5.69 Å². The van der Waals surface area contributed by atoms with Gasteiger partial charge in [-0.1, -0.05) is 13.3 Å². The smallest absolute Gasteiger partial charge is 0.272 e. The second kappa shape index (κ2) is 7.71. The monoisotopic (exact) mass is 354 g/mol. The summed E-state index contributed by atoms with van der Waals surface area (Å²) in [5.41, 5.74) is 3.36. The van der Waals surface area contributed by atoms with E-state index in [1.807, 2.05) is 13.8 Å². The Bertz CT molecular complexity index is 740. The highest BCUT2D eigenvalue weighted by molar-refractivity contribution is 7.89. The Labute approximate surface area is 141 Å². The summed E-state index contributed by atoms with van der Waals surface area (Å²) >= 11 is 0. The first-order valence-corrected chi connectivity index (χ1v) is 9.38. The van der Waals surface area contributed by atoms with Gasteiger partial charge in [-0.3, -0.25) is 15.5 Å². The van der Waals surface area contributed by atoms with Crippen molar-refractivity contribution in [1.29, 1.82) is 0 Å². The van der Waals surface area contributed by atoms with Crippen LogP contribution in [-0.2, 0) is 10.0 Å². The van der Waals surface area contributed by atoms with Crippen molar-refractivity contribution in [2.24, 2.45) is 5.10 Å². The van der Waals surface area contributed by atoms with Crippen LogP contribution in [0.1, 0.15) is 39.5 Å². The van der Waals surface area contributed by atoms with E-state index >= 15 is 0 Å². The molecule has 0 saturated carbocycles. The van der Waals surface area contributed by atoms with Crippen molar-refractivity contribution in [3.8, 4) is 0 Å². The molecule has 0 unspecified atom stereocenters. The van der Waals surface area contributed by atoms with Crippen molar-refractivity contribution in [2.75, 3.05) is 18.5 Å². The molecule has 1 heterocycles. The second-order valence-corrected chi connectivity index (χ2v) is 7.69. The maximum atomic E-state index is 12.5. The van der Waals surface area contributed by atoms with E-state index in [2.05, 4.69) is 10.5 Å². The number of anilines is 1. The SMILES string of the molecule is CCC/C(C)=N\Nc1ccc(S(=O)(=O)N2CCCC2)cc1[N+](=O)[O-]. The van der Waals surface area contributed by atoms with Crippen molar-refractivity contribution in [1.82, 2.24) is 4.31 Å². The minimum absolute atomic E-state index is 0.0593. The van der Waals surface area contributed by atoms with Crippen LogP contribution in [0.2, 0.25) is 0 Å². The van der Waals surface area contributed by atoms with Gasteiger partial charge in [-0.25, -0.2) is 8.42 Å². The number of hydrogen-bond acceptors (Lipinski definition) is 6. The molecule has 9 heteroatoms. The van der Waals surface area contributed by atoms with Gasteiger partial charge in [-0.2, -0.15) is 9.41 Å². The van der Waals surface area contributed by atoms with Crippen LogP contribution in [0.25, 0.3) is 0 Å². The molecule has 1 saturated heterocycles. The fraction of sp³-hybridized carbons (Fsp3) is 0.533. The first-order chi connectivity index (χ1) is 11.4. The Morgan fingerprint density at radius 1 is 1.38 bits per heavy atom. The lowest BCUT2D eigenvalue weighted by Crippen LogP contribution is -2.27. The van der Waals surface area contributed by atoms with E-state index in [9.17, 15) is 18.5 Å². The lowest BCUT2D eigenvalue weighted by Gasteiger charge is -2.15. The molecule has 132 valence electrons. The zero-order chi connectivity index (χ0) is 17.7. The summed E-state index contributed by atoms with van der Waals surface area (Å²) in [4.78, 5) is 10.6. The molecule has 1 N–H and O–H groups in total. The molecule has 8 nitrogen and oxygen atoms in total. The van der Waals surface area contributed by atoms with Crippen LogP contribution in [0.4, 0.5) is 11.4 Å². The van der Waals surface area contributed by atoms with Gasteiger partial charge in [0.05, 0.1) is 9.82 Å². The van der Waals surface area contributed by atoms with Gasteiger partial charge in [-0.15, -0.1) is 0 Å². The highest BCUT2D eigenvalue weighted by Crippen LogP contribution is 2.30. The van der Waals surface area contributed by atoms with Crippen molar-refractivity contribution in [3.05, 3.63) is 28.3 Å². The van der Waals surface area contributed by atoms with Crippen LogP contribution >= 0.6 is 0 Å². The molecule has 1 aromatic rings. The molecule has 0 amide bonds. The van der Waals surface area contributed by atoms with E-state index < -0.39 is 14.9 Å². The Morgan fingerprint density at radius 3 is 2.62 bits per heavy atom. The molecule has 1 aromatic carbocycles. The van der Waals surface area contributed by atoms with E-state index in [-0.39, 0.29) is 16.3 Å². The standard InChI is InChI=1S/C15H22N4O4S/c1-3-6-12(2)16-17-14-8-7-13(11-15(14)19(20)21)24(22,23)18-9-4-5-10-18/h7-8,11,17H,3-6,9-10H2,1-2H3/b16-12-. The first-order valence-electron chi connectivity index (χ1n) is 7.94. The van der Waals surface area contributed by atoms with Crippen LogP contribution in [0.3, 0.4) is 0 Å². The molecular formula is C15H22N4O4S. The topological polar surface area (TPSA) is 105 Å². The fourth-order valence-electron chi connectivity index (χ4n) is 2.57. The van der Waals surface area contributed by atoms with Gasteiger partial charge in [0, 0.05) is 24.9 Å². The minimum Gasteiger partial charge on any atom is -0.272 e. The van der Waals surface area contributed by atoms with Gasteiger partial charge in [0.25, 0.3) is 5.69 Å². The van der Waals surface area contributed by atoms with Gasteiger partial charge in [0.15, 0.2) is 0 Å². The number of rotatable bonds is 7. The van der Waals surface area contributed by atoms with Gasteiger partial charge < -0.3 is 0 Å². The van der Waals surface area contributed by atoms with Crippen molar-refractivity contribution >= 4 is 27.1 Å². The third-order valence-corrected chi connectivity index (χ3v) is 5.74. The molecule has 1 aliphatic rings. The molecule has 1 fully saturated rings. The quantitative estimate of drug-likeness (QED) is 0.460. The molecule has 1 aliphatic heterocycles. The van der Waals surface area contributed by atoms with E-state index in [0.717, 1.165) is 37.5 Å². The summed E-state index contributed by atoms with van der Waals surface area (Å²) in [7, 11) is -3.69. The van der Waals surface area contributed by atoms with E-state index in [1.165, 1.54) is 16.4 Å². The Kier molecular flexibility index (Phi) is 5.89. The third kappa shape index (κ3) is 4.09. The van der Waals surface area contributed by atoms with E-state index in [0.29, 0.717) is 13.1 Å². The Balaban J connectivity index is 2.33. The summed E-state index contributed by atoms with van der Waals surface area (Å²) in [5, 5.41) is 15.4. The van der Waals surface area contributed by atoms with Crippen LogP contribution in [0, 0.1) is 10.1 Å². The second-order valence-electron chi connectivity index (χ2n) is 5.76. The van der Waals surface area contributed by atoms with Crippen LogP contribution < -0.4 is 5.43 Å². The number of hydrazone groups is 1. The normalized spacial score (nSPS) is 16.3. The Morgan fingerprint density at radius 2 is 2.04 bits per heavy atom. The molecule has 0 aliphatic carbocycles. The fourth-order valence-corrected chi connectivity index (χ4v) is 4.11. The largest absolute Gasteiger partial charge is 0.295 e. The lowest BCUT2D eigenvalue weighted by molar-refractivity contribution is -0.384. The number of nitrogens with one attached hydrogen (secondary N) is 1. The summed E-state index contributed by atoms with van der Waals surface area (Å²) in [6.45, 7) is 4.75. The van der Waals surface area contributed by atoms with Crippen molar-refractivity contribution in [3.63, 3.8) is 0 Å². The molecular weight excluding hydrogens is 332 g/mol. The predicted octanol–water partition coefficient (Wildman–Crippen LogP) is 2.97. The summed E-state index contributed by atoms with van der Waals surface area (Å²) < 4.78 is 26.4. The number of nitro groups is 1. The Hall–Kier alpha value is -2.00. The third-order valence-electron chi connectivity index (χ3n) is 3.85. The molecule has 0 bridgehead atoms. The van der Waals surface area contributed by atoms with Crippen LogP contribution in [-0.4, -0.2) is 36.4 Å². The van der Waals surface area contributed by atoms with Crippen LogP contribution in [0.15, 0.2) is 28.2 Å². The lowest BCUT2D eigenvalue weighted by atomic mass is 10.2. The number of benzene rings is 1. The zero-order valence-electron chi connectivity index (χ0n) is 13.9. The predicted molar refractivity (Wildman–Crippen MR) is 92.7 cm³/mol. The van der Waals surface area contributed by atoms with Crippen LogP contribution in [0.5, 0.6) is 0 Å². The number of nitrogens with zero attached hydrogens (tertiary/aromatic N) is 3. The van der Waals surface area contributed by atoms with Crippen molar-refractivity contribution in [2.45, 2.75) is 44.4 Å². The highest BCUT2D eigenvalue weighted by Gasteiger charge is 2.29. The average molecular weight is 354 g/mol. The minimum atomic E-state index is -3.69. The summed E-state index contributed by atoms with van der Waals surface area (Å²) in [5.74, 6) is 0.